The van der Waals surface area contributed by atoms with Crippen LogP contribution < -0.4 is 0 Å². The molecule has 1 aromatic rings. The van der Waals surface area contributed by atoms with Gasteiger partial charge in [-0.1, -0.05) is 19.4 Å². The first-order valence-corrected chi connectivity index (χ1v) is 8.74. The molecule has 0 radical (unpaired) electrons. The first-order valence-electron chi connectivity index (χ1n) is 8.74. The highest BCUT2D eigenvalue weighted by Gasteiger charge is 2.48. The molecule has 0 bridgehead atoms. The van der Waals surface area contributed by atoms with Gasteiger partial charge in [-0.15, -0.1) is 0 Å². The number of likely N-dealkylation sites (tertiary alicyclic amines) is 1. The van der Waals surface area contributed by atoms with Crippen molar-refractivity contribution in [2.24, 2.45) is 0 Å². The van der Waals surface area contributed by atoms with E-state index in [-0.39, 0.29) is 18.0 Å². The Bertz CT molecular complexity index is 597. The minimum Gasteiger partial charge on any atom is -0.441 e. The van der Waals surface area contributed by atoms with E-state index < -0.39 is 5.60 Å². The lowest BCUT2D eigenvalue weighted by Crippen LogP contribution is -2.49. The summed E-state index contributed by atoms with van der Waals surface area (Å²) in [6.45, 7) is 6.02. The second-order valence-corrected chi connectivity index (χ2v) is 6.82. The van der Waals surface area contributed by atoms with Crippen molar-refractivity contribution in [2.75, 3.05) is 19.6 Å². The molecule has 0 N–H and O–H groups in total. The van der Waals surface area contributed by atoms with E-state index in [1.54, 1.807) is 23.2 Å². The second-order valence-electron chi connectivity index (χ2n) is 6.82. The topological polar surface area (TPSA) is 62.7 Å². The van der Waals surface area contributed by atoms with Gasteiger partial charge in [0.15, 0.2) is 0 Å². The van der Waals surface area contributed by atoms with Crippen molar-refractivity contribution in [1.82, 2.24) is 14.8 Å². The molecule has 24 heavy (non-hydrogen) atoms. The highest BCUT2D eigenvalue weighted by molar-refractivity contribution is 5.92. The van der Waals surface area contributed by atoms with Crippen LogP contribution >= 0.6 is 0 Å². The van der Waals surface area contributed by atoms with E-state index in [2.05, 4.69) is 18.8 Å². The van der Waals surface area contributed by atoms with Crippen LogP contribution in [0.2, 0.25) is 0 Å². The van der Waals surface area contributed by atoms with E-state index in [9.17, 15) is 9.59 Å². The molecule has 6 nitrogen and oxygen atoms in total. The van der Waals surface area contributed by atoms with E-state index in [4.69, 9.17) is 4.74 Å². The zero-order valence-corrected chi connectivity index (χ0v) is 14.4. The van der Waals surface area contributed by atoms with Gasteiger partial charge in [0, 0.05) is 38.2 Å². The summed E-state index contributed by atoms with van der Waals surface area (Å²) >= 11 is 0. The average molecular weight is 331 g/mol. The van der Waals surface area contributed by atoms with Gasteiger partial charge < -0.3 is 14.5 Å². The zero-order chi connectivity index (χ0) is 17.2. The standard InChI is InChI=1S/C18H25N3O3/c1-3-6-14(2)21-13-18(24-17(21)23)8-11-20(12-9-18)16(22)15-7-4-5-10-19-15/h4-5,7,10,14H,3,6,8-9,11-13H2,1-2H3. The molecule has 1 aromatic heterocycles. The third-order valence-electron chi connectivity index (χ3n) is 5.08. The summed E-state index contributed by atoms with van der Waals surface area (Å²) in [6.07, 6.45) is 4.82. The fourth-order valence-corrected chi connectivity index (χ4v) is 3.59. The van der Waals surface area contributed by atoms with Crippen LogP contribution in [0.3, 0.4) is 0 Å². The molecule has 0 saturated carbocycles. The molecule has 1 unspecified atom stereocenters. The Morgan fingerprint density at radius 2 is 2.12 bits per heavy atom. The molecule has 3 rings (SSSR count). The summed E-state index contributed by atoms with van der Waals surface area (Å²) in [6, 6.07) is 5.55. The van der Waals surface area contributed by atoms with Gasteiger partial charge in [-0.2, -0.15) is 0 Å². The molecule has 6 heteroatoms. The van der Waals surface area contributed by atoms with Crippen molar-refractivity contribution >= 4 is 12.0 Å². The molecule has 2 amide bonds. The number of carbonyl (C=O) groups is 2. The minimum absolute atomic E-state index is 0.0500. The van der Waals surface area contributed by atoms with Gasteiger partial charge in [0.1, 0.15) is 11.3 Å². The maximum absolute atomic E-state index is 12.5. The van der Waals surface area contributed by atoms with Gasteiger partial charge >= 0.3 is 6.09 Å². The third-order valence-corrected chi connectivity index (χ3v) is 5.08. The molecule has 2 fully saturated rings. The third kappa shape index (κ3) is 3.23. The largest absolute Gasteiger partial charge is 0.441 e. The van der Waals surface area contributed by atoms with E-state index in [1.807, 2.05) is 11.0 Å². The van der Waals surface area contributed by atoms with E-state index in [0.717, 1.165) is 12.8 Å². The maximum Gasteiger partial charge on any atom is 0.410 e. The molecule has 0 aliphatic carbocycles. The first kappa shape index (κ1) is 16.7. The second kappa shape index (κ2) is 6.79. The van der Waals surface area contributed by atoms with E-state index in [1.165, 1.54) is 0 Å². The van der Waals surface area contributed by atoms with Crippen molar-refractivity contribution in [3.63, 3.8) is 0 Å². The van der Waals surface area contributed by atoms with Crippen LogP contribution in [0.25, 0.3) is 0 Å². The van der Waals surface area contributed by atoms with Gasteiger partial charge in [0.25, 0.3) is 5.91 Å². The van der Waals surface area contributed by atoms with Crippen molar-refractivity contribution in [3.8, 4) is 0 Å². The summed E-state index contributed by atoms with van der Waals surface area (Å²) in [4.78, 5) is 32.5. The summed E-state index contributed by atoms with van der Waals surface area (Å²) < 4.78 is 5.74. The number of rotatable bonds is 4. The van der Waals surface area contributed by atoms with Crippen LogP contribution in [0.1, 0.15) is 50.0 Å². The van der Waals surface area contributed by atoms with Gasteiger partial charge in [-0.3, -0.25) is 9.78 Å². The molecule has 2 aliphatic rings. The number of piperidine rings is 1. The summed E-state index contributed by atoms with van der Waals surface area (Å²) in [5.74, 6) is -0.0500. The number of nitrogens with zero attached hydrogens (tertiary/aromatic N) is 3. The minimum atomic E-state index is -0.431. The Balaban J connectivity index is 1.61. The number of ether oxygens (including phenoxy) is 1. The number of carbonyl (C=O) groups excluding carboxylic acids is 2. The van der Waals surface area contributed by atoms with Crippen LogP contribution in [0.4, 0.5) is 4.79 Å². The molecular formula is C18H25N3O3. The molecule has 0 aromatic carbocycles. The van der Waals surface area contributed by atoms with E-state index >= 15 is 0 Å². The van der Waals surface area contributed by atoms with Gasteiger partial charge in [0.2, 0.25) is 0 Å². The molecule has 2 saturated heterocycles. The Hall–Kier alpha value is -2.11. The maximum atomic E-state index is 12.5. The molecule has 1 spiro atoms. The fraction of sp³-hybridized carbons (Fsp3) is 0.611. The van der Waals surface area contributed by atoms with Gasteiger partial charge in [0.05, 0.1) is 6.54 Å². The van der Waals surface area contributed by atoms with Crippen molar-refractivity contribution in [2.45, 2.75) is 51.2 Å². The normalized spacial score (nSPS) is 21.0. The lowest BCUT2D eigenvalue weighted by molar-refractivity contribution is 0.00290. The quantitative estimate of drug-likeness (QED) is 0.851. The summed E-state index contributed by atoms with van der Waals surface area (Å²) in [5.41, 5.74) is 0.0371. The van der Waals surface area contributed by atoms with Gasteiger partial charge in [-0.25, -0.2) is 4.79 Å². The Kier molecular flexibility index (Phi) is 4.73. The molecule has 3 heterocycles. The number of amides is 2. The number of hydrogen-bond donors (Lipinski definition) is 0. The number of pyridine rings is 1. The van der Waals surface area contributed by atoms with Crippen molar-refractivity contribution < 1.29 is 14.3 Å². The van der Waals surface area contributed by atoms with Crippen LogP contribution in [0.15, 0.2) is 24.4 Å². The smallest absolute Gasteiger partial charge is 0.410 e. The van der Waals surface area contributed by atoms with Crippen LogP contribution in [-0.4, -0.2) is 58.1 Å². The Labute approximate surface area is 142 Å². The molecule has 2 aliphatic heterocycles. The van der Waals surface area contributed by atoms with Gasteiger partial charge in [-0.05, 0) is 25.5 Å². The predicted molar refractivity (Wildman–Crippen MR) is 89.7 cm³/mol. The van der Waals surface area contributed by atoms with Crippen LogP contribution in [0.5, 0.6) is 0 Å². The fourth-order valence-electron chi connectivity index (χ4n) is 3.59. The molecule has 1 atom stereocenters. The zero-order valence-electron chi connectivity index (χ0n) is 14.4. The lowest BCUT2D eigenvalue weighted by Gasteiger charge is -2.37. The average Bonchev–Trinajstić information content (AvgIpc) is 2.92. The van der Waals surface area contributed by atoms with E-state index in [0.29, 0.717) is 38.2 Å². The van der Waals surface area contributed by atoms with Crippen LogP contribution in [-0.2, 0) is 4.74 Å². The van der Waals surface area contributed by atoms with Crippen molar-refractivity contribution in [1.29, 1.82) is 0 Å². The number of hydrogen-bond acceptors (Lipinski definition) is 4. The molecule has 130 valence electrons. The first-order chi connectivity index (χ1) is 11.5. The SMILES string of the molecule is CCCC(C)N1CC2(CCN(C(=O)c3ccccn3)CC2)OC1=O. The predicted octanol–water partition coefficient (Wildman–Crippen LogP) is 2.70. The summed E-state index contributed by atoms with van der Waals surface area (Å²) in [7, 11) is 0. The Morgan fingerprint density at radius 3 is 2.75 bits per heavy atom. The lowest BCUT2D eigenvalue weighted by atomic mass is 9.90. The Morgan fingerprint density at radius 1 is 1.38 bits per heavy atom. The highest BCUT2D eigenvalue weighted by Crippen LogP contribution is 2.35. The summed E-state index contributed by atoms with van der Waals surface area (Å²) in [5, 5.41) is 0. The van der Waals surface area contributed by atoms with Crippen LogP contribution in [0, 0.1) is 0 Å². The van der Waals surface area contributed by atoms with Crippen molar-refractivity contribution in [3.05, 3.63) is 30.1 Å². The number of aromatic nitrogens is 1. The molecular weight excluding hydrogens is 306 g/mol. The highest BCUT2D eigenvalue weighted by atomic mass is 16.6. The monoisotopic (exact) mass is 331 g/mol.